The van der Waals surface area contributed by atoms with Gasteiger partial charge in [-0.05, 0) is 46.0 Å². The molecule has 2 aromatic rings. The standard InChI is InChI=1S/C23H35N7O3S/c1-4-34(31,32)30-17-6-5-7-18(30)12-19(11-17)29(3)23-24-20(16-8-9-33-14-16)13-21(26-23)25-22-10-15(2)27-28-22/h10,13,16-19H,4-9,11-12,14H2,1-3H3,(H2,24,25,26,27,28)/t16?,17-,18+,19?. The molecule has 0 radical (unpaired) electrons. The minimum atomic E-state index is -3.20. The van der Waals surface area contributed by atoms with E-state index in [-0.39, 0.29) is 29.8 Å². The molecule has 2 aromatic heterocycles. The molecule has 0 aromatic carbocycles. The minimum absolute atomic E-state index is 0.0564. The van der Waals surface area contributed by atoms with Crippen molar-refractivity contribution >= 4 is 27.6 Å². The van der Waals surface area contributed by atoms with Gasteiger partial charge in [-0.15, -0.1) is 0 Å². The Labute approximate surface area is 201 Å². The number of aryl methyl sites for hydroxylation is 1. The van der Waals surface area contributed by atoms with Crippen LogP contribution >= 0.6 is 0 Å². The molecule has 2 bridgehead atoms. The van der Waals surface area contributed by atoms with E-state index in [9.17, 15) is 8.42 Å². The highest BCUT2D eigenvalue weighted by Crippen LogP contribution is 2.39. The predicted octanol–water partition coefficient (Wildman–Crippen LogP) is 2.93. The zero-order valence-corrected chi connectivity index (χ0v) is 21.0. The van der Waals surface area contributed by atoms with E-state index in [1.807, 2.05) is 30.4 Å². The van der Waals surface area contributed by atoms with E-state index < -0.39 is 10.0 Å². The lowest BCUT2D eigenvalue weighted by molar-refractivity contribution is 0.109. The van der Waals surface area contributed by atoms with E-state index >= 15 is 0 Å². The molecule has 34 heavy (non-hydrogen) atoms. The van der Waals surface area contributed by atoms with Gasteiger partial charge >= 0.3 is 0 Å². The Morgan fingerprint density at radius 2 is 1.94 bits per heavy atom. The van der Waals surface area contributed by atoms with Crippen LogP contribution in [0, 0.1) is 6.92 Å². The van der Waals surface area contributed by atoms with Crippen molar-refractivity contribution in [1.82, 2.24) is 24.5 Å². The fourth-order valence-electron chi connectivity index (χ4n) is 5.66. The average molecular weight is 490 g/mol. The van der Waals surface area contributed by atoms with E-state index in [0.29, 0.717) is 24.2 Å². The van der Waals surface area contributed by atoms with Crippen LogP contribution in [0.4, 0.5) is 17.6 Å². The van der Waals surface area contributed by atoms with Crippen molar-refractivity contribution in [2.24, 2.45) is 0 Å². The molecular weight excluding hydrogens is 454 g/mol. The van der Waals surface area contributed by atoms with Gasteiger partial charge in [0.1, 0.15) is 5.82 Å². The molecule has 5 heterocycles. The Morgan fingerprint density at radius 1 is 1.18 bits per heavy atom. The maximum atomic E-state index is 12.8. The van der Waals surface area contributed by atoms with Gasteiger partial charge < -0.3 is 15.0 Å². The lowest BCUT2D eigenvalue weighted by Gasteiger charge is -2.49. The summed E-state index contributed by atoms with van der Waals surface area (Å²) in [5.74, 6) is 2.49. The first-order valence-electron chi connectivity index (χ1n) is 12.3. The molecule has 0 aliphatic carbocycles. The normalized spacial score (nSPS) is 27.6. The Bertz CT molecular complexity index is 1100. The van der Waals surface area contributed by atoms with Crippen LogP contribution in [0.1, 0.15) is 62.8 Å². The number of H-pyrrole nitrogens is 1. The highest BCUT2D eigenvalue weighted by Gasteiger charge is 2.45. The van der Waals surface area contributed by atoms with Gasteiger partial charge in [0, 0.05) is 55.5 Å². The van der Waals surface area contributed by atoms with Crippen LogP contribution in [0.25, 0.3) is 0 Å². The second-order valence-corrected chi connectivity index (χ2v) is 12.0. The van der Waals surface area contributed by atoms with Crippen molar-refractivity contribution in [3.63, 3.8) is 0 Å². The molecule has 3 aliphatic rings. The summed E-state index contributed by atoms with van der Waals surface area (Å²) in [6.07, 6.45) is 5.48. The molecule has 11 heteroatoms. The monoisotopic (exact) mass is 489 g/mol. The number of piperidine rings is 2. The van der Waals surface area contributed by atoms with Crippen LogP contribution in [0.3, 0.4) is 0 Å². The van der Waals surface area contributed by atoms with Crippen LogP contribution in [0.15, 0.2) is 12.1 Å². The second-order valence-electron chi connectivity index (χ2n) is 9.80. The lowest BCUT2D eigenvalue weighted by atomic mass is 9.83. The van der Waals surface area contributed by atoms with Crippen molar-refractivity contribution in [2.75, 3.05) is 36.2 Å². The third kappa shape index (κ3) is 4.65. The summed E-state index contributed by atoms with van der Waals surface area (Å²) >= 11 is 0. The summed E-state index contributed by atoms with van der Waals surface area (Å²) in [7, 11) is -1.16. The molecule has 0 saturated carbocycles. The van der Waals surface area contributed by atoms with Crippen molar-refractivity contribution < 1.29 is 13.2 Å². The van der Waals surface area contributed by atoms with Crippen LogP contribution in [-0.2, 0) is 14.8 Å². The average Bonchev–Trinajstić information content (AvgIpc) is 3.49. The Hall–Kier alpha value is -2.24. The highest BCUT2D eigenvalue weighted by molar-refractivity contribution is 7.89. The molecule has 3 fully saturated rings. The molecule has 5 rings (SSSR count). The number of sulfonamides is 1. The topological polar surface area (TPSA) is 116 Å². The van der Waals surface area contributed by atoms with Crippen LogP contribution in [0.5, 0.6) is 0 Å². The maximum Gasteiger partial charge on any atom is 0.227 e. The quantitative estimate of drug-likeness (QED) is 0.610. The fraction of sp³-hybridized carbons (Fsp3) is 0.696. The largest absolute Gasteiger partial charge is 0.381 e. The van der Waals surface area contributed by atoms with Gasteiger partial charge in [-0.1, -0.05) is 6.42 Å². The predicted molar refractivity (Wildman–Crippen MR) is 131 cm³/mol. The Morgan fingerprint density at radius 3 is 2.56 bits per heavy atom. The van der Waals surface area contributed by atoms with Gasteiger partial charge in [-0.2, -0.15) is 14.4 Å². The summed E-state index contributed by atoms with van der Waals surface area (Å²) in [5, 5.41) is 10.5. The van der Waals surface area contributed by atoms with E-state index in [1.165, 1.54) is 0 Å². The van der Waals surface area contributed by atoms with Gasteiger partial charge in [0.05, 0.1) is 18.1 Å². The summed E-state index contributed by atoms with van der Waals surface area (Å²) in [6, 6.07) is 4.23. The number of anilines is 3. The first kappa shape index (κ1) is 23.5. The van der Waals surface area contributed by atoms with Crippen LogP contribution < -0.4 is 10.2 Å². The van der Waals surface area contributed by atoms with Crippen LogP contribution in [0.2, 0.25) is 0 Å². The zero-order chi connectivity index (χ0) is 23.9. The van der Waals surface area contributed by atoms with Crippen molar-refractivity contribution in [3.8, 4) is 0 Å². The number of ether oxygens (including phenoxy) is 1. The first-order valence-corrected chi connectivity index (χ1v) is 13.9. The van der Waals surface area contributed by atoms with E-state index in [4.69, 9.17) is 14.7 Å². The van der Waals surface area contributed by atoms with Gasteiger partial charge in [-0.3, -0.25) is 5.10 Å². The third-order valence-electron chi connectivity index (χ3n) is 7.48. The van der Waals surface area contributed by atoms with Crippen molar-refractivity contribution in [3.05, 3.63) is 23.5 Å². The summed E-state index contributed by atoms with van der Waals surface area (Å²) in [5.41, 5.74) is 1.94. The molecule has 2 unspecified atom stereocenters. The van der Waals surface area contributed by atoms with Gasteiger partial charge in [0.15, 0.2) is 5.82 Å². The zero-order valence-electron chi connectivity index (χ0n) is 20.2. The molecule has 186 valence electrons. The second kappa shape index (κ2) is 9.43. The number of hydrogen-bond donors (Lipinski definition) is 2. The maximum absolute atomic E-state index is 12.8. The smallest absolute Gasteiger partial charge is 0.227 e. The molecule has 0 spiro atoms. The van der Waals surface area contributed by atoms with Crippen LogP contribution in [-0.4, -0.2) is 77.0 Å². The number of fused-ring (bicyclic) bond motifs is 2. The lowest BCUT2D eigenvalue weighted by Crippen LogP contribution is -2.58. The number of nitrogens with one attached hydrogen (secondary N) is 2. The molecule has 10 nitrogen and oxygen atoms in total. The van der Waals surface area contributed by atoms with E-state index in [0.717, 1.165) is 56.5 Å². The number of aromatic nitrogens is 4. The van der Waals surface area contributed by atoms with E-state index in [1.54, 1.807) is 6.92 Å². The minimum Gasteiger partial charge on any atom is -0.381 e. The summed E-state index contributed by atoms with van der Waals surface area (Å²) < 4.78 is 33.0. The number of aromatic amines is 1. The molecule has 3 saturated heterocycles. The van der Waals surface area contributed by atoms with E-state index in [2.05, 4.69) is 20.4 Å². The van der Waals surface area contributed by atoms with Crippen molar-refractivity contribution in [1.29, 1.82) is 0 Å². The summed E-state index contributed by atoms with van der Waals surface area (Å²) in [6.45, 7) is 5.11. The Balaban J connectivity index is 1.42. The Kier molecular flexibility index (Phi) is 6.51. The molecule has 3 aliphatic heterocycles. The first-order chi connectivity index (χ1) is 16.3. The number of rotatable bonds is 7. The molecule has 4 atom stereocenters. The fourth-order valence-corrected chi connectivity index (χ4v) is 7.25. The van der Waals surface area contributed by atoms with Gasteiger partial charge in [0.2, 0.25) is 16.0 Å². The molecule has 0 amide bonds. The SMILES string of the molecule is CCS(=O)(=O)N1[C@@H]2CCC[C@H]1CC(N(C)c1nc(Nc3cc(C)[nH]n3)cc(C3CCOC3)n1)C2. The molecule has 2 N–H and O–H groups in total. The molecular formula is C23H35N7O3S. The third-order valence-corrected chi connectivity index (χ3v) is 9.44. The van der Waals surface area contributed by atoms with Gasteiger partial charge in [-0.25, -0.2) is 13.4 Å². The summed E-state index contributed by atoms with van der Waals surface area (Å²) in [4.78, 5) is 11.9. The highest BCUT2D eigenvalue weighted by atomic mass is 32.2. The van der Waals surface area contributed by atoms with Crippen molar-refractivity contribution in [2.45, 2.75) is 76.4 Å². The van der Waals surface area contributed by atoms with Gasteiger partial charge in [0.25, 0.3) is 0 Å². The number of hydrogen-bond acceptors (Lipinski definition) is 8. The number of nitrogens with zero attached hydrogens (tertiary/aromatic N) is 5.